The van der Waals surface area contributed by atoms with Crippen LogP contribution in [-0.2, 0) is 56.0 Å². The number of ketones is 1. The Morgan fingerprint density at radius 1 is 0.392 bits per heavy atom. The van der Waals surface area contributed by atoms with Crippen LogP contribution in [0.4, 0.5) is 105 Å². The molecule has 0 saturated carbocycles. The molecule has 0 spiro atoms. The first kappa shape index (κ1) is 61.1. The minimum atomic E-state index is -6.13. The summed E-state index contributed by atoms with van der Waals surface area (Å²) in [6, 6.07) is 10.3. The molecule has 0 atom stereocenters. The molecule has 3 nitrogen and oxygen atoms in total. The summed E-state index contributed by atoms with van der Waals surface area (Å²) in [5, 5.41) is 1.98. The van der Waals surface area contributed by atoms with Crippen molar-refractivity contribution in [3.05, 3.63) is 190 Å². The Morgan fingerprint density at radius 3 is 0.949 bits per heavy atom. The quantitative estimate of drug-likeness (QED) is 0.0474. The highest BCUT2D eigenvalue weighted by atomic mass is 35.5. The number of pyridine rings is 1. The Bertz CT molecular complexity index is 2920. The largest absolute Gasteiger partial charge is 0.428 e. The fourth-order valence-electron chi connectivity index (χ4n) is 8.51. The van der Waals surface area contributed by atoms with Crippen molar-refractivity contribution < 1.29 is 119 Å². The Morgan fingerprint density at radius 2 is 0.671 bits per heavy atom. The number of carbonyl (C=O) groups is 1. The van der Waals surface area contributed by atoms with Crippen LogP contribution >= 0.6 is 11.6 Å². The highest BCUT2D eigenvalue weighted by Crippen LogP contribution is 2.41. The fourth-order valence-corrected chi connectivity index (χ4v) is 8.61. The second-order valence-electron chi connectivity index (χ2n) is 17.1. The average Bonchev–Trinajstić information content (AvgIpc) is 3.55. The summed E-state index contributed by atoms with van der Waals surface area (Å²) in [6.07, 6.45) is -53.0. The number of halogens is 25. The molecule has 0 radical (unpaired) electrons. The van der Waals surface area contributed by atoms with Gasteiger partial charge in [0, 0.05) is 11.6 Å². The van der Waals surface area contributed by atoms with E-state index in [9.17, 15) is 110 Å². The van der Waals surface area contributed by atoms with E-state index in [-0.39, 0.29) is 18.4 Å². The molecule has 0 aliphatic carbocycles. The number of rotatable bonds is 9. The molecule has 0 bridgehead atoms. The average molecular weight is 1180 g/mol. The highest BCUT2D eigenvalue weighted by Gasteiger charge is 2.47. The topological polar surface area (TPSA) is 30.2 Å². The van der Waals surface area contributed by atoms with E-state index in [1.54, 1.807) is 4.57 Å². The van der Waals surface area contributed by atoms with Crippen LogP contribution in [0.2, 0.25) is 0 Å². The van der Waals surface area contributed by atoms with Crippen LogP contribution in [0.5, 0.6) is 5.88 Å². The van der Waals surface area contributed by atoms with E-state index in [1.165, 1.54) is 0 Å². The van der Waals surface area contributed by atoms with Gasteiger partial charge < -0.3 is 4.74 Å². The van der Waals surface area contributed by atoms with Crippen LogP contribution in [0, 0.1) is 0 Å². The van der Waals surface area contributed by atoms with Gasteiger partial charge in [0.1, 0.15) is 6.15 Å². The summed E-state index contributed by atoms with van der Waals surface area (Å²) in [7, 11) is 0. The number of alkyl halides is 25. The van der Waals surface area contributed by atoms with Crippen LogP contribution in [0.15, 0.2) is 140 Å². The first-order valence-electron chi connectivity index (χ1n) is 21.6. The molecule has 0 aliphatic heterocycles. The third-order valence-electron chi connectivity index (χ3n) is 11.9. The number of nitrogens with zero attached hydrogens (tertiary/aromatic N) is 1. The Hall–Kier alpha value is -7.13. The lowest BCUT2D eigenvalue weighted by atomic mass is 9.12. The van der Waals surface area contributed by atoms with Crippen molar-refractivity contribution in [2.75, 3.05) is 6.07 Å². The van der Waals surface area contributed by atoms with Gasteiger partial charge in [0.05, 0.1) is 49.9 Å². The van der Waals surface area contributed by atoms with Crippen molar-refractivity contribution in [1.29, 1.82) is 0 Å². The second-order valence-corrected chi connectivity index (χ2v) is 17.3. The van der Waals surface area contributed by atoms with Crippen LogP contribution in [-0.4, -0.2) is 18.0 Å². The molecule has 29 heteroatoms. The summed E-state index contributed by atoms with van der Waals surface area (Å²) in [5.41, 5.74) is -29.5. The lowest BCUT2D eigenvalue weighted by molar-refractivity contribution is -0.686. The maximum atomic E-state index is 14.2. The first-order valence-corrected chi connectivity index (χ1v) is 22.1. The van der Waals surface area contributed by atoms with Crippen LogP contribution < -0.4 is 31.2 Å². The lowest BCUT2D eigenvalue weighted by Gasteiger charge is -2.46. The number of carbonyl (C=O) groups excluding carboxylic acids is 1. The number of aromatic nitrogens is 1. The molecule has 0 N–H and O–H groups in total. The molecule has 422 valence electrons. The van der Waals surface area contributed by atoms with Crippen LogP contribution in [0.25, 0.3) is 10.8 Å². The third-order valence-corrected chi connectivity index (χ3v) is 12.0. The lowest BCUT2D eigenvalue weighted by Crippen LogP contribution is -2.75. The van der Waals surface area contributed by atoms with Gasteiger partial charge in [-0.05, 0) is 35.7 Å². The SMILES string of the molecule is FC(F)(F)c1cc([B-](c2cc(C(F)(F)F)cc(C(F)(F)F)c2)(c2cc(C(F)(F)F)cc(C(F)(F)F)c2)c2cc(C(F)(F)F)cc(C(F)(F)F)c2)cc(C(F)(F)F)c1.O=C(C[n+]1ccc2ccccc2c1OCCl)c1ccccc1. The minimum absolute atomic E-state index is 0.0281. The van der Waals surface area contributed by atoms with Gasteiger partial charge in [0.15, 0.2) is 12.3 Å². The first-order chi connectivity index (χ1) is 36.1. The molecule has 7 rings (SSSR count). The molecule has 0 fully saturated rings. The molecule has 0 saturated heterocycles. The van der Waals surface area contributed by atoms with E-state index in [2.05, 4.69) is 0 Å². The van der Waals surface area contributed by atoms with E-state index >= 15 is 0 Å². The van der Waals surface area contributed by atoms with Crippen molar-refractivity contribution in [1.82, 2.24) is 0 Å². The summed E-state index contributed by atoms with van der Waals surface area (Å²) in [4.78, 5) is 12.4. The smallest absolute Gasteiger partial charge is 0.416 e. The second kappa shape index (κ2) is 21.5. The number of Topliss-reactive ketones (excluding diaryl/α,β-unsaturated/α-hetero) is 1. The summed E-state index contributed by atoms with van der Waals surface area (Å²) >= 11 is 5.74. The van der Waals surface area contributed by atoms with Gasteiger partial charge in [-0.15, -0.1) is 0 Å². The molecule has 1 heterocycles. The molecule has 0 unspecified atom stereocenters. The summed E-state index contributed by atoms with van der Waals surface area (Å²) < 4.78 is 348. The van der Waals surface area contributed by atoms with Crippen molar-refractivity contribution in [2.24, 2.45) is 0 Å². The number of benzene rings is 6. The van der Waals surface area contributed by atoms with E-state index in [0.717, 1.165) is 10.8 Å². The molecule has 79 heavy (non-hydrogen) atoms. The summed E-state index contributed by atoms with van der Waals surface area (Å²) in [6.45, 7) is 0.209. The molecule has 6 aromatic carbocycles. The van der Waals surface area contributed by atoms with Gasteiger partial charge in [0.2, 0.25) is 12.3 Å². The summed E-state index contributed by atoms with van der Waals surface area (Å²) in [5.74, 6) is 0.637. The van der Waals surface area contributed by atoms with Gasteiger partial charge in [-0.1, -0.05) is 109 Å². The van der Waals surface area contributed by atoms with Crippen LogP contribution in [0.1, 0.15) is 54.9 Å². The van der Waals surface area contributed by atoms with E-state index in [1.807, 2.05) is 66.9 Å². The molecule has 0 amide bonds. The maximum absolute atomic E-state index is 14.2. The van der Waals surface area contributed by atoms with Gasteiger partial charge in [-0.2, -0.15) is 132 Å². The Kier molecular flexibility index (Phi) is 16.6. The molecular weight excluding hydrogens is 1150 g/mol. The molecule has 7 aromatic rings. The molecular formula is C50H27BClF24NO2. The van der Waals surface area contributed by atoms with Gasteiger partial charge in [-0.3, -0.25) is 4.79 Å². The molecule has 1 aromatic heterocycles. The van der Waals surface area contributed by atoms with Gasteiger partial charge in [-0.25, -0.2) is 0 Å². The van der Waals surface area contributed by atoms with E-state index in [4.69, 9.17) is 16.3 Å². The fraction of sp³-hybridized carbons (Fsp3) is 0.200. The van der Waals surface area contributed by atoms with Crippen molar-refractivity contribution >= 4 is 56.2 Å². The van der Waals surface area contributed by atoms with Crippen molar-refractivity contribution in [3.8, 4) is 5.88 Å². The number of hydrogen-bond acceptors (Lipinski definition) is 2. The normalized spacial score (nSPS) is 13.3. The Labute approximate surface area is 432 Å². The van der Waals surface area contributed by atoms with Crippen LogP contribution in [0.3, 0.4) is 0 Å². The van der Waals surface area contributed by atoms with E-state index in [0.29, 0.717) is 11.4 Å². The van der Waals surface area contributed by atoms with Crippen molar-refractivity contribution in [3.63, 3.8) is 0 Å². The third kappa shape index (κ3) is 13.8. The number of fused-ring (bicyclic) bond motifs is 1. The predicted molar refractivity (Wildman–Crippen MR) is 236 cm³/mol. The maximum Gasteiger partial charge on any atom is 0.416 e. The molecule has 0 aliphatic rings. The monoisotopic (exact) mass is 1180 g/mol. The zero-order chi connectivity index (χ0) is 59.3. The number of hydrogen-bond donors (Lipinski definition) is 0. The zero-order valence-corrected chi connectivity index (χ0v) is 39.2. The highest BCUT2D eigenvalue weighted by molar-refractivity contribution is 7.20. The standard InChI is InChI=1S/C32H12BF24.C18H15ClNO2/c34-25(35,36)13-1-14(26(37,38)39)6-21(5-13)33(22-7-15(27(40,41)42)2-16(8-22)28(43,44)45,23-9-17(29(46,47)48)3-18(10-23)30(49,50)51)24-11-19(31(52,53)54)4-20(12-24)32(55,56)57;19-13-22-18-16-9-5-4-6-14(16)10-11-20(18)12-17(21)15-7-2-1-3-8-15/h1-12H;1-11H,12-13H2/q-1;+1. The Balaban J connectivity index is 0.000000378. The number of ether oxygens (including phenoxy) is 1. The zero-order valence-electron chi connectivity index (χ0n) is 38.5. The van der Waals surface area contributed by atoms with E-state index < -0.39 is 195 Å². The van der Waals surface area contributed by atoms with Crippen molar-refractivity contribution in [2.45, 2.75) is 56.0 Å². The predicted octanol–water partition coefficient (Wildman–Crippen LogP) is 14.8. The minimum Gasteiger partial charge on any atom is -0.428 e. The van der Waals surface area contributed by atoms with Gasteiger partial charge >= 0.3 is 55.3 Å². The van der Waals surface area contributed by atoms with Gasteiger partial charge in [0.25, 0.3) is 0 Å².